The number of aromatic nitrogens is 2. The summed E-state index contributed by atoms with van der Waals surface area (Å²) in [7, 11) is 0. The number of imidazole rings is 1. The quantitative estimate of drug-likeness (QED) is 0.783. The van der Waals surface area contributed by atoms with E-state index in [0.717, 1.165) is 38.1 Å². The Hall–Kier alpha value is -2.05. The van der Waals surface area contributed by atoms with Crippen molar-refractivity contribution in [1.29, 1.82) is 0 Å². The number of hydrogen-bond donors (Lipinski definition) is 3. The van der Waals surface area contributed by atoms with Crippen LogP contribution in [0.3, 0.4) is 0 Å². The second kappa shape index (κ2) is 7.48. The highest BCUT2D eigenvalue weighted by atomic mass is 16.2. The Morgan fingerprint density at radius 3 is 2.83 bits per heavy atom. The molecular weight excluding hydrogens is 294 g/mol. The molecule has 0 aromatic carbocycles. The SMILES string of the molecule is O=C(NCc1ncc[nH]1)[C@H]1CCCN(C(=O)NC2CCCC2)C1. The Morgan fingerprint density at radius 1 is 1.26 bits per heavy atom. The molecule has 0 spiro atoms. The van der Waals surface area contributed by atoms with Gasteiger partial charge in [0.25, 0.3) is 0 Å². The van der Waals surface area contributed by atoms with Gasteiger partial charge in [0, 0.05) is 31.5 Å². The van der Waals surface area contributed by atoms with Crippen LogP contribution in [0.4, 0.5) is 4.79 Å². The molecular formula is C16H25N5O2. The van der Waals surface area contributed by atoms with Crippen LogP contribution in [-0.4, -0.2) is 45.9 Å². The number of H-pyrrole nitrogens is 1. The van der Waals surface area contributed by atoms with E-state index in [4.69, 9.17) is 0 Å². The van der Waals surface area contributed by atoms with Gasteiger partial charge in [-0.15, -0.1) is 0 Å². The molecule has 3 N–H and O–H groups in total. The van der Waals surface area contributed by atoms with Crippen molar-refractivity contribution >= 4 is 11.9 Å². The van der Waals surface area contributed by atoms with Gasteiger partial charge in [-0.05, 0) is 25.7 Å². The van der Waals surface area contributed by atoms with Gasteiger partial charge >= 0.3 is 6.03 Å². The number of carbonyl (C=O) groups is 2. The van der Waals surface area contributed by atoms with Gasteiger partial charge in [-0.25, -0.2) is 9.78 Å². The summed E-state index contributed by atoms with van der Waals surface area (Å²) in [4.78, 5) is 33.5. The number of urea groups is 1. The molecule has 7 heteroatoms. The Morgan fingerprint density at radius 2 is 2.09 bits per heavy atom. The number of aromatic amines is 1. The van der Waals surface area contributed by atoms with Crippen molar-refractivity contribution in [3.8, 4) is 0 Å². The number of hydrogen-bond acceptors (Lipinski definition) is 3. The summed E-state index contributed by atoms with van der Waals surface area (Å²) in [5.74, 6) is 0.609. The first kappa shape index (κ1) is 15.8. The van der Waals surface area contributed by atoms with Crippen LogP contribution in [0.2, 0.25) is 0 Å². The standard InChI is InChI=1S/C16H25N5O2/c22-15(19-10-14-17-7-8-18-14)12-4-3-9-21(11-12)16(23)20-13-5-1-2-6-13/h7-8,12-13H,1-6,9-11H2,(H,17,18)(H,19,22)(H,20,23)/t12-/m0/s1. The molecule has 2 aliphatic rings. The number of likely N-dealkylation sites (tertiary alicyclic amines) is 1. The number of nitrogens with one attached hydrogen (secondary N) is 3. The zero-order valence-electron chi connectivity index (χ0n) is 13.4. The van der Waals surface area contributed by atoms with Crippen LogP contribution in [0.1, 0.15) is 44.3 Å². The normalized spacial score (nSPS) is 22.1. The minimum Gasteiger partial charge on any atom is -0.349 e. The van der Waals surface area contributed by atoms with Crippen molar-refractivity contribution in [2.45, 2.75) is 51.1 Å². The number of nitrogens with zero attached hydrogens (tertiary/aromatic N) is 2. The molecule has 1 atom stereocenters. The molecule has 2 fully saturated rings. The lowest BCUT2D eigenvalue weighted by Gasteiger charge is -2.32. The van der Waals surface area contributed by atoms with Crippen LogP contribution in [0.5, 0.6) is 0 Å². The minimum absolute atomic E-state index is 0.000216. The third-order valence-electron chi connectivity index (χ3n) is 4.75. The lowest BCUT2D eigenvalue weighted by Crippen LogP contribution is -2.50. The Labute approximate surface area is 136 Å². The van der Waals surface area contributed by atoms with E-state index in [2.05, 4.69) is 20.6 Å². The molecule has 3 amide bonds. The molecule has 0 bridgehead atoms. The van der Waals surface area contributed by atoms with Gasteiger partial charge in [-0.3, -0.25) is 4.79 Å². The van der Waals surface area contributed by atoms with Crippen molar-refractivity contribution in [2.75, 3.05) is 13.1 Å². The molecule has 1 saturated carbocycles. The molecule has 1 aromatic heterocycles. The van der Waals surface area contributed by atoms with Gasteiger partial charge in [-0.1, -0.05) is 12.8 Å². The molecule has 3 rings (SSSR count). The third kappa shape index (κ3) is 4.24. The fourth-order valence-electron chi connectivity index (χ4n) is 3.42. The summed E-state index contributed by atoms with van der Waals surface area (Å²) < 4.78 is 0. The molecule has 7 nitrogen and oxygen atoms in total. The lowest BCUT2D eigenvalue weighted by atomic mass is 9.97. The number of carbonyl (C=O) groups excluding carboxylic acids is 2. The first-order chi connectivity index (χ1) is 11.2. The smallest absolute Gasteiger partial charge is 0.317 e. The van der Waals surface area contributed by atoms with Crippen LogP contribution in [0.25, 0.3) is 0 Å². The largest absolute Gasteiger partial charge is 0.349 e. The third-order valence-corrected chi connectivity index (χ3v) is 4.75. The van der Waals surface area contributed by atoms with E-state index < -0.39 is 0 Å². The molecule has 1 saturated heterocycles. The van der Waals surface area contributed by atoms with Crippen molar-refractivity contribution in [3.63, 3.8) is 0 Å². The summed E-state index contributed by atoms with van der Waals surface area (Å²) >= 11 is 0. The monoisotopic (exact) mass is 319 g/mol. The van der Waals surface area contributed by atoms with E-state index in [9.17, 15) is 9.59 Å². The summed E-state index contributed by atoms with van der Waals surface area (Å²) in [5.41, 5.74) is 0. The minimum atomic E-state index is -0.131. The zero-order chi connectivity index (χ0) is 16.1. The highest BCUT2D eigenvalue weighted by Crippen LogP contribution is 2.20. The van der Waals surface area contributed by atoms with Crippen molar-refractivity contribution in [3.05, 3.63) is 18.2 Å². The Kier molecular flexibility index (Phi) is 5.15. The predicted octanol–water partition coefficient (Wildman–Crippen LogP) is 1.39. The predicted molar refractivity (Wildman–Crippen MR) is 85.5 cm³/mol. The number of rotatable bonds is 4. The molecule has 1 aliphatic carbocycles. The van der Waals surface area contributed by atoms with Gasteiger partial charge in [0.1, 0.15) is 5.82 Å². The van der Waals surface area contributed by atoms with E-state index in [-0.39, 0.29) is 17.9 Å². The van der Waals surface area contributed by atoms with Gasteiger partial charge < -0.3 is 20.5 Å². The van der Waals surface area contributed by atoms with Crippen molar-refractivity contribution in [2.24, 2.45) is 5.92 Å². The highest BCUT2D eigenvalue weighted by Gasteiger charge is 2.29. The summed E-state index contributed by atoms with van der Waals surface area (Å²) in [6.07, 6.45) is 9.65. The number of amides is 3. The first-order valence-electron chi connectivity index (χ1n) is 8.54. The van der Waals surface area contributed by atoms with E-state index in [0.29, 0.717) is 19.1 Å². The average Bonchev–Trinajstić information content (AvgIpc) is 3.26. The molecule has 0 unspecified atom stereocenters. The first-order valence-corrected chi connectivity index (χ1v) is 8.54. The maximum absolute atomic E-state index is 12.3. The second-order valence-electron chi connectivity index (χ2n) is 6.47. The van der Waals surface area contributed by atoms with Crippen LogP contribution in [0, 0.1) is 5.92 Å². The van der Waals surface area contributed by atoms with E-state index >= 15 is 0 Å². The molecule has 1 aliphatic heterocycles. The summed E-state index contributed by atoms with van der Waals surface area (Å²) in [6, 6.07) is 0.302. The maximum atomic E-state index is 12.3. The number of piperidine rings is 1. The molecule has 126 valence electrons. The summed E-state index contributed by atoms with van der Waals surface area (Å²) in [6.45, 7) is 1.64. The van der Waals surface area contributed by atoms with Gasteiger partial charge in [0.05, 0.1) is 12.5 Å². The van der Waals surface area contributed by atoms with E-state index in [1.807, 2.05) is 0 Å². The molecule has 0 radical (unpaired) electrons. The van der Waals surface area contributed by atoms with Gasteiger partial charge in [-0.2, -0.15) is 0 Å². The maximum Gasteiger partial charge on any atom is 0.317 e. The average molecular weight is 319 g/mol. The molecule has 1 aromatic rings. The lowest BCUT2D eigenvalue weighted by molar-refractivity contribution is -0.126. The van der Waals surface area contributed by atoms with Gasteiger partial charge in [0.15, 0.2) is 0 Å². The van der Waals surface area contributed by atoms with Crippen LogP contribution in [-0.2, 0) is 11.3 Å². The second-order valence-corrected chi connectivity index (χ2v) is 6.47. The fourth-order valence-corrected chi connectivity index (χ4v) is 3.42. The Bertz CT molecular complexity index is 525. The molecule has 23 heavy (non-hydrogen) atoms. The topological polar surface area (TPSA) is 90.1 Å². The fraction of sp³-hybridized carbons (Fsp3) is 0.688. The van der Waals surface area contributed by atoms with E-state index in [1.54, 1.807) is 17.3 Å². The van der Waals surface area contributed by atoms with Crippen LogP contribution < -0.4 is 10.6 Å². The zero-order valence-corrected chi connectivity index (χ0v) is 13.4. The van der Waals surface area contributed by atoms with Crippen molar-refractivity contribution < 1.29 is 9.59 Å². The van der Waals surface area contributed by atoms with E-state index in [1.165, 1.54) is 12.8 Å². The van der Waals surface area contributed by atoms with Gasteiger partial charge in [0.2, 0.25) is 5.91 Å². The highest BCUT2D eigenvalue weighted by molar-refractivity contribution is 5.80. The van der Waals surface area contributed by atoms with Crippen LogP contribution >= 0.6 is 0 Å². The summed E-state index contributed by atoms with van der Waals surface area (Å²) in [5, 5.41) is 6.00. The van der Waals surface area contributed by atoms with Crippen molar-refractivity contribution in [1.82, 2.24) is 25.5 Å². The Balaban J connectivity index is 1.46. The molecule has 2 heterocycles. The van der Waals surface area contributed by atoms with Crippen LogP contribution in [0.15, 0.2) is 12.4 Å².